The van der Waals surface area contributed by atoms with Gasteiger partial charge in [-0.3, -0.25) is 0 Å². The highest BCUT2D eigenvalue weighted by atomic mass is 35.5. The van der Waals surface area contributed by atoms with Crippen molar-refractivity contribution in [3.05, 3.63) is 39.6 Å². The maximum atomic E-state index is 6.19. The first-order chi connectivity index (χ1) is 8.27. The number of nitrogens with one attached hydrogen (secondary N) is 1. The fourth-order valence-corrected chi connectivity index (χ4v) is 3.17. The molecule has 0 saturated carbocycles. The summed E-state index contributed by atoms with van der Waals surface area (Å²) in [6.45, 7) is 3.15. The van der Waals surface area contributed by atoms with Crippen molar-refractivity contribution in [1.29, 1.82) is 0 Å². The summed E-state index contributed by atoms with van der Waals surface area (Å²) in [5.74, 6) is 1.03. The lowest BCUT2D eigenvalue weighted by Crippen LogP contribution is -2.21. The van der Waals surface area contributed by atoms with Crippen LogP contribution in [0.15, 0.2) is 23.8 Å². The molecular weight excluding hydrogens is 254 g/mol. The molecule has 0 aliphatic rings. The summed E-state index contributed by atoms with van der Waals surface area (Å²) in [5, 5.41) is 6.10. The van der Waals surface area contributed by atoms with Gasteiger partial charge in [-0.15, -0.1) is 11.3 Å². The van der Waals surface area contributed by atoms with Crippen molar-refractivity contribution in [2.75, 3.05) is 7.05 Å². The van der Waals surface area contributed by atoms with Crippen LogP contribution in [-0.2, 0) is 6.54 Å². The average molecular weight is 270 g/mol. The normalized spacial score (nSPS) is 12.9. The first-order valence-electron chi connectivity index (χ1n) is 5.69. The van der Waals surface area contributed by atoms with Gasteiger partial charge >= 0.3 is 0 Å². The van der Waals surface area contributed by atoms with Crippen LogP contribution in [-0.4, -0.2) is 16.6 Å². The van der Waals surface area contributed by atoms with Crippen molar-refractivity contribution in [1.82, 2.24) is 14.9 Å². The van der Waals surface area contributed by atoms with Gasteiger partial charge in [0.15, 0.2) is 0 Å². The summed E-state index contributed by atoms with van der Waals surface area (Å²) < 4.78 is 2.18. The van der Waals surface area contributed by atoms with Crippen molar-refractivity contribution in [3.63, 3.8) is 0 Å². The molecule has 0 saturated heterocycles. The largest absolute Gasteiger partial charge is 0.333 e. The molecule has 0 aliphatic heterocycles. The fraction of sp³-hybridized carbons (Fsp3) is 0.417. The minimum atomic E-state index is 0.0732. The molecule has 92 valence electrons. The number of rotatable bonds is 5. The molecule has 0 fully saturated rings. The van der Waals surface area contributed by atoms with Gasteiger partial charge in [0.2, 0.25) is 0 Å². The minimum Gasteiger partial charge on any atom is -0.333 e. The van der Waals surface area contributed by atoms with Crippen molar-refractivity contribution in [3.8, 4) is 0 Å². The van der Waals surface area contributed by atoms with Gasteiger partial charge in [-0.05, 0) is 24.9 Å². The standard InChI is InChI=1S/C12H16ClN3S/c1-3-6-16-7-5-15-12(16)10(14-2)11-9(13)4-8-17-11/h4-5,7-8,10,14H,3,6H2,1-2H3. The summed E-state index contributed by atoms with van der Waals surface area (Å²) in [6, 6.07) is 2.00. The van der Waals surface area contributed by atoms with E-state index in [1.165, 1.54) is 0 Å². The van der Waals surface area contributed by atoms with Crippen molar-refractivity contribution in [2.45, 2.75) is 25.9 Å². The summed E-state index contributed by atoms with van der Waals surface area (Å²) in [5.41, 5.74) is 0. The molecular formula is C12H16ClN3S. The predicted octanol–water partition coefficient (Wildman–Crippen LogP) is 3.32. The number of nitrogens with zero attached hydrogens (tertiary/aromatic N) is 2. The number of aryl methyl sites for hydroxylation is 1. The number of aromatic nitrogens is 2. The Hall–Kier alpha value is -0.840. The van der Waals surface area contributed by atoms with Crippen LogP contribution in [0.2, 0.25) is 5.02 Å². The second kappa shape index (κ2) is 5.67. The molecule has 5 heteroatoms. The number of halogens is 1. The van der Waals surface area contributed by atoms with E-state index in [2.05, 4.69) is 21.8 Å². The van der Waals surface area contributed by atoms with Gasteiger partial charge in [0.25, 0.3) is 0 Å². The molecule has 0 radical (unpaired) electrons. The lowest BCUT2D eigenvalue weighted by molar-refractivity contribution is 0.573. The summed E-state index contributed by atoms with van der Waals surface area (Å²) >= 11 is 7.85. The van der Waals surface area contributed by atoms with Crippen molar-refractivity contribution >= 4 is 22.9 Å². The zero-order valence-corrected chi connectivity index (χ0v) is 11.6. The third kappa shape index (κ3) is 2.54. The second-order valence-corrected chi connectivity index (χ2v) is 5.19. The maximum Gasteiger partial charge on any atom is 0.131 e. The Morgan fingerprint density at radius 1 is 1.59 bits per heavy atom. The van der Waals surface area contributed by atoms with Crippen LogP contribution < -0.4 is 5.32 Å². The molecule has 2 aromatic heterocycles. The van der Waals surface area contributed by atoms with Crippen molar-refractivity contribution in [2.24, 2.45) is 0 Å². The monoisotopic (exact) mass is 269 g/mol. The zero-order chi connectivity index (χ0) is 12.3. The van der Waals surface area contributed by atoms with Crippen LogP contribution in [0.5, 0.6) is 0 Å². The molecule has 0 aromatic carbocycles. The third-order valence-electron chi connectivity index (χ3n) is 2.67. The summed E-state index contributed by atoms with van der Waals surface area (Å²) in [7, 11) is 1.94. The van der Waals surface area contributed by atoms with Crippen LogP contribution in [0.4, 0.5) is 0 Å². The SMILES string of the molecule is CCCn1ccnc1C(NC)c1sccc1Cl. The molecule has 2 heterocycles. The van der Waals surface area contributed by atoms with Gasteiger partial charge in [-0.1, -0.05) is 18.5 Å². The molecule has 0 bridgehead atoms. The van der Waals surface area contributed by atoms with Crippen LogP contribution in [0.3, 0.4) is 0 Å². The van der Waals surface area contributed by atoms with E-state index in [1.54, 1.807) is 11.3 Å². The van der Waals surface area contributed by atoms with Gasteiger partial charge in [0.05, 0.1) is 5.02 Å². The molecule has 0 aliphatic carbocycles. The molecule has 1 atom stereocenters. The van der Waals surface area contributed by atoms with Gasteiger partial charge in [-0.25, -0.2) is 4.98 Å². The summed E-state index contributed by atoms with van der Waals surface area (Å²) in [6.07, 6.45) is 4.96. The van der Waals surface area contributed by atoms with Crippen molar-refractivity contribution < 1.29 is 0 Å². The number of thiophene rings is 1. The van der Waals surface area contributed by atoms with Gasteiger partial charge < -0.3 is 9.88 Å². The summed E-state index contributed by atoms with van der Waals surface area (Å²) in [4.78, 5) is 5.57. The van der Waals surface area contributed by atoms with Crippen LogP contribution in [0.1, 0.15) is 30.1 Å². The minimum absolute atomic E-state index is 0.0732. The lowest BCUT2D eigenvalue weighted by Gasteiger charge is -2.16. The molecule has 0 amide bonds. The maximum absolute atomic E-state index is 6.19. The van der Waals surface area contributed by atoms with E-state index in [9.17, 15) is 0 Å². The number of imidazole rings is 1. The van der Waals surface area contributed by atoms with E-state index in [-0.39, 0.29) is 6.04 Å². The van der Waals surface area contributed by atoms with Gasteiger partial charge in [0.1, 0.15) is 11.9 Å². The Bertz CT molecular complexity index is 478. The van der Waals surface area contributed by atoms with E-state index in [1.807, 2.05) is 30.9 Å². The second-order valence-electron chi connectivity index (χ2n) is 3.83. The highest BCUT2D eigenvalue weighted by Gasteiger charge is 2.20. The van der Waals surface area contributed by atoms with Gasteiger partial charge in [-0.2, -0.15) is 0 Å². The first-order valence-corrected chi connectivity index (χ1v) is 6.94. The number of hydrogen-bond donors (Lipinski definition) is 1. The topological polar surface area (TPSA) is 29.9 Å². The van der Waals surface area contributed by atoms with Gasteiger partial charge in [0, 0.05) is 23.8 Å². The van der Waals surface area contributed by atoms with Crippen LogP contribution >= 0.6 is 22.9 Å². The molecule has 17 heavy (non-hydrogen) atoms. The Morgan fingerprint density at radius 2 is 2.41 bits per heavy atom. The van der Waals surface area contributed by atoms with E-state index in [0.717, 1.165) is 28.7 Å². The zero-order valence-electron chi connectivity index (χ0n) is 9.98. The van der Waals surface area contributed by atoms with Crippen LogP contribution in [0, 0.1) is 0 Å². The molecule has 3 nitrogen and oxygen atoms in total. The van der Waals surface area contributed by atoms with E-state index in [0.29, 0.717) is 0 Å². The molecule has 0 spiro atoms. The Morgan fingerprint density at radius 3 is 3.00 bits per heavy atom. The molecule has 1 N–H and O–H groups in total. The highest BCUT2D eigenvalue weighted by Crippen LogP contribution is 2.31. The third-order valence-corrected chi connectivity index (χ3v) is 4.09. The van der Waals surface area contributed by atoms with E-state index >= 15 is 0 Å². The fourth-order valence-electron chi connectivity index (χ4n) is 1.90. The average Bonchev–Trinajstić information content (AvgIpc) is 2.92. The first kappa shape index (κ1) is 12.6. The Balaban J connectivity index is 2.35. The molecule has 2 aromatic rings. The quantitative estimate of drug-likeness (QED) is 0.902. The predicted molar refractivity (Wildman–Crippen MR) is 72.7 cm³/mol. The molecule has 1 unspecified atom stereocenters. The smallest absolute Gasteiger partial charge is 0.131 e. The van der Waals surface area contributed by atoms with E-state index in [4.69, 9.17) is 11.6 Å². The highest BCUT2D eigenvalue weighted by molar-refractivity contribution is 7.10. The Kier molecular flexibility index (Phi) is 4.20. The molecule has 2 rings (SSSR count). The van der Waals surface area contributed by atoms with E-state index < -0.39 is 0 Å². The van der Waals surface area contributed by atoms with Crippen LogP contribution in [0.25, 0.3) is 0 Å². The lowest BCUT2D eigenvalue weighted by atomic mass is 10.2. The number of hydrogen-bond acceptors (Lipinski definition) is 3. The Labute approximate surface area is 110 Å².